The summed E-state index contributed by atoms with van der Waals surface area (Å²) in [6.45, 7) is 4.21. The van der Waals surface area contributed by atoms with Gasteiger partial charge >= 0.3 is 0 Å². The molecule has 5 nitrogen and oxygen atoms in total. The molecule has 2 N–H and O–H groups in total. The van der Waals surface area contributed by atoms with E-state index in [9.17, 15) is 0 Å². The van der Waals surface area contributed by atoms with Crippen LogP contribution >= 0.6 is 11.3 Å². The Morgan fingerprint density at radius 1 is 1.29 bits per heavy atom. The van der Waals surface area contributed by atoms with Gasteiger partial charge < -0.3 is 15.2 Å². The molecule has 0 atom stereocenters. The zero-order chi connectivity index (χ0) is 12.5. The Morgan fingerprint density at radius 3 is 2.65 bits per heavy atom. The normalized spacial score (nSPS) is 11.2. The summed E-state index contributed by atoms with van der Waals surface area (Å²) in [6.07, 6.45) is 1.01. The first-order valence-corrected chi connectivity index (χ1v) is 6.54. The van der Waals surface area contributed by atoms with Crippen molar-refractivity contribution in [3.05, 3.63) is 11.1 Å². The maximum atomic E-state index is 5.62. The molecular formula is C11H21N3O2S. The molecule has 1 heterocycles. The molecule has 0 saturated carbocycles. The van der Waals surface area contributed by atoms with Gasteiger partial charge in [0.2, 0.25) is 0 Å². The molecule has 1 rings (SSSR count). The summed E-state index contributed by atoms with van der Waals surface area (Å²) in [7, 11) is 3.44. The molecule has 0 saturated heterocycles. The van der Waals surface area contributed by atoms with Gasteiger partial charge in [-0.3, -0.25) is 4.90 Å². The minimum atomic E-state index is 0.628. The highest BCUT2D eigenvalue weighted by Crippen LogP contribution is 2.13. The third-order valence-electron chi connectivity index (χ3n) is 2.39. The van der Waals surface area contributed by atoms with Gasteiger partial charge in [0.15, 0.2) is 5.13 Å². The summed E-state index contributed by atoms with van der Waals surface area (Å²) in [6, 6.07) is 0. The quantitative estimate of drug-likeness (QED) is 0.675. The number of rotatable bonds is 9. The van der Waals surface area contributed by atoms with E-state index in [0.29, 0.717) is 5.13 Å². The van der Waals surface area contributed by atoms with E-state index in [2.05, 4.69) is 9.88 Å². The lowest BCUT2D eigenvalue weighted by atomic mass is 10.3. The first-order chi connectivity index (χ1) is 8.26. The molecule has 1 aromatic rings. The lowest BCUT2D eigenvalue weighted by molar-refractivity contribution is 0.128. The average Bonchev–Trinajstić information content (AvgIpc) is 2.72. The largest absolute Gasteiger partial charge is 0.385 e. The molecule has 0 aliphatic rings. The number of nitrogen functional groups attached to an aromatic ring is 1. The smallest absolute Gasteiger partial charge is 0.180 e. The van der Waals surface area contributed by atoms with E-state index in [0.717, 1.165) is 45.0 Å². The van der Waals surface area contributed by atoms with Crippen LogP contribution in [-0.2, 0) is 16.0 Å². The number of thiazole rings is 1. The Morgan fingerprint density at radius 2 is 2.06 bits per heavy atom. The fourth-order valence-corrected chi connectivity index (χ4v) is 2.10. The van der Waals surface area contributed by atoms with Crippen molar-refractivity contribution in [2.24, 2.45) is 0 Å². The van der Waals surface area contributed by atoms with Crippen molar-refractivity contribution in [2.45, 2.75) is 13.0 Å². The lowest BCUT2D eigenvalue weighted by Crippen LogP contribution is -2.28. The molecule has 0 radical (unpaired) electrons. The molecule has 1 aromatic heterocycles. The first kappa shape index (κ1) is 14.4. The van der Waals surface area contributed by atoms with Crippen molar-refractivity contribution in [3.63, 3.8) is 0 Å². The molecular weight excluding hydrogens is 238 g/mol. The second-order valence-corrected chi connectivity index (χ2v) is 4.68. The summed E-state index contributed by atoms with van der Waals surface area (Å²) in [5.41, 5.74) is 6.65. The number of nitrogens with zero attached hydrogens (tertiary/aromatic N) is 2. The highest BCUT2D eigenvalue weighted by atomic mass is 32.1. The van der Waals surface area contributed by atoms with Crippen molar-refractivity contribution >= 4 is 16.5 Å². The highest BCUT2D eigenvalue weighted by Gasteiger charge is 2.08. The maximum absolute atomic E-state index is 5.62. The number of anilines is 1. The van der Waals surface area contributed by atoms with E-state index in [4.69, 9.17) is 15.2 Å². The van der Waals surface area contributed by atoms with Crippen molar-refractivity contribution in [2.75, 3.05) is 46.3 Å². The average molecular weight is 259 g/mol. The van der Waals surface area contributed by atoms with Crippen LogP contribution in [0, 0.1) is 0 Å². The number of aromatic nitrogens is 1. The molecule has 0 aliphatic heterocycles. The van der Waals surface area contributed by atoms with E-state index in [1.54, 1.807) is 14.2 Å². The SMILES string of the molecule is COCCCN(CCOC)Cc1csc(N)n1. The zero-order valence-corrected chi connectivity index (χ0v) is 11.3. The van der Waals surface area contributed by atoms with Gasteiger partial charge in [0.1, 0.15) is 0 Å². The van der Waals surface area contributed by atoms with Crippen LogP contribution in [0.5, 0.6) is 0 Å². The van der Waals surface area contributed by atoms with Gasteiger partial charge in [-0.1, -0.05) is 0 Å². The van der Waals surface area contributed by atoms with Crippen LogP contribution in [0.25, 0.3) is 0 Å². The van der Waals surface area contributed by atoms with Crippen LogP contribution in [0.15, 0.2) is 5.38 Å². The van der Waals surface area contributed by atoms with Gasteiger partial charge in [-0.2, -0.15) is 0 Å². The molecule has 6 heteroatoms. The molecule has 0 spiro atoms. The van der Waals surface area contributed by atoms with Crippen LogP contribution in [0.2, 0.25) is 0 Å². The fraction of sp³-hybridized carbons (Fsp3) is 0.727. The predicted octanol–water partition coefficient (Wildman–Crippen LogP) is 1.21. The topological polar surface area (TPSA) is 60.6 Å². The minimum absolute atomic E-state index is 0.628. The summed E-state index contributed by atoms with van der Waals surface area (Å²) in [5.74, 6) is 0. The molecule has 0 bridgehead atoms. The number of ether oxygens (including phenoxy) is 2. The van der Waals surface area contributed by atoms with E-state index < -0.39 is 0 Å². The molecule has 98 valence electrons. The van der Waals surface area contributed by atoms with Crippen LogP contribution in [0.4, 0.5) is 5.13 Å². The molecule has 0 unspecified atom stereocenters. The van der Waals surface area contributed by atoms with Gasteiger partial charge in [-0.05, 0) is 6.42 Å². The molecule has 0 aromatic carbocycles. The third kappa shape index (κ3) is 5.97. The van der Waals surface area contributed by atoms with Crippen molar-refractivity contribution in [3.8, 4) is 0 Å². The first-order valence-electron chi connectivity index (χ1n) is 5.66. The van der Waals surface area contributed by atoms with Crippen LogP contribution in [-0.4, -0.2) is 50.4 Å². The van der Waals surface area contributed by atoms with E-state index in [1.807, 2.05) is 5.38 Å². The van der Waals surface area contributed by atoms with Gasteiger partial charge in [0.25, 0.3) is 0 Å². The Kier molecular flexibility index (Phi) is 7.11. The minimum Gasteiger partial charge on any atom is -0.385 e. The predicted molar refractivity (Wildman–Crippen MR) is 70.2 cm³/mol. The summed E-state index contributed by atoms with van der Waals surface area (Å²) in [5, 5.41) is 2.63. The van der Waals surface area contributed by atoms with E-state index in [-0.39, 0.29) is 0 Å². The van der Waals surface area contributed by atoms with Crippen molar-refractivity contribution < 1.29 is 9.47 Å². The van der Waals surface area contributed by atoms with Gasteiger partial charge in [0.05, 0.1) is 12.3 Å². The Balaban J connectivity index is 2.38. The lowest BCUT2D eigenvalue weighted by Gasteiger charge is -2.20. The van der Waals surface area contributed by atoms with Crippen molar-refractivity contribution in [1.82, 2.24) is 9.88 Å². The summed E-state index contributed by atoms with van der Waals surface area (Å²) >= 11 is 1.48. The number of methoxy groups -OCH3 is 2. The van der Waals surface area contributed by atoms with Crippen LogP contribution < -0.4 is 5.73 Å². The Hall–Kier alpha value is -0.690. The molecule has 17 heavy (non-hydrogen) atoms. The third-order valence-corrected chi connectivity index (χ3v) is 3.11. The van der Waals surface area contributed by atoms with E-state index >= 15 is 0 Å². The maximum Gasteiger partial charge on any atom is 0.180 e. The molecule has 0 amide bonds. The number of hydrogen-bond donors (Lipinski definition) is 1. The standard InChI is InChI=1S/C11H21N3O2S/c1-15-6-3-4-14(5-7-16-2)8-10-9-17-11(12)13-10/h9H,3-8H2,1-2H3,(H2,12,13). The second-order valence-electron chi connectivity index (χ2n) is 3.79. The molecule has 0 fully saturated rings. The van der Waals surface area contributed by atoms with Crippen LogP contribution in [0.1, 0.15) is 12.1 Å². The monoisotopic (exact) mass is 259 g/mol. The highest BCUT2D eigenvalue weighted by molar-refractivity contribution is 7.13. The molecule has 0 aliphatic carbocycles. The Labute approximate surface area is 107 Å². The van der Waals surface area contributed by atoms with E-state index in [1.165, 1.54) is 11.3 Å². The van der Waals surface area contributed by atoms with Gasteiger partial charge in [0, 0.05) is 45.8 Å². The zero-order valence-electron chi connectivity index (χ0n) is 10.5. The number of nitrogens with two attached hydrogens (primary N) is 1. The summed E-state index contributed by atoms with van der Waals surface area (Å²) < 4.78 is 10.2. The van der Waals surface area contributed by atoms with Crippen LogP contribution in [0.3, 0.4) is 0 Å². The Bertz CT molecular complexity index is 307. The summed E-state index contributed by atoms with van der Waals surface area (Å²) in [4.78, 5) is 6.57. The van der Waals surface area contributed by atoms with Crippen molar-refractivity contribution in [1.29, 1.82) is 0 Å². The van der Waals surface area contributed by atoms with Gasteiger partial charge in [-0.25, -0.2) is 4.98 Å². The number of hydrogen-bond acceptors (Lipinski definition) is 6. The second kappa shape index (κ2) is 8.41. The van der Waals surface area contributed by atoms with Gasteiger partial charge in [-0.15, -0.1) is 11.3 Å². The fourth-order valence-electron chi connectivity index (χ4n) is 1.55.